The second-order valence-corrected chi connectivity index (χ2v) is 6.90. The Morgan fingerprint density at radius 2 is 2.00 bits per heavy atom. The quantitative estimate of drug-likeness (QED) is 0.663. The van der Waals surface area contributed by atoms with Crippen LogP contribution in [0.5, 0.6) is 0 Å². The van der Waals surface area contributed by atoms with Crippen molar-refractivity contribution in [3.05, 3.63) is 60.6 Å². The maximum atomic E-state index is 13.1. The van der Waals surface area contributed by atoms with E-state index in [9.17, 15) is 4.79 Å². The molecule has 0 spiro atoms. The number of likely N-dealkylation sites (tertiary alicyclic amines) is 1. The van der Waals surface area contributed by atoms with Crippen molar-refractivity contribution >= 4 is 17.2 Å². The van der Waals surface area contributed by atoms with Crippen molar-refractivity contribution < 1.29 is 4.79 Å². The summed E-state index contributed by atoms with van der Waals surface area (Å²) in [6, 6.07) is 17.6. The molecule has 0 aliphatic carbocycles. The molecule has 1 saturated heterocycles. The highest BCUT2D eigenvalue weighted by molar-refractivity contribution is 5.94. The maximum absolute atomic E-state index is 13.1. The van der Waals surface area contributed by atoms with Gasteiger partial charge >= 0.3 is 0 Å². The molecule has 142 valence electrons. The van der Waals surface area contributed by atoms with Crippen LogP contribution in [0.2, 0.25) is 0 Å². The number of pyridine rings is 1. The summed E-state index contributed by atoms with van der Waals surface area (Å²) in [7, 11) is 0. The normalized spacial score (nSPS) is 16.9. The topological polar surface area (TPSA) is 77.5 Å². The fraction of sp³-hybridized carbons (Fsp3) is 0.333. The second-order valence-electron chi connectivity index (χ2n) is 6.90. The summed E-state index contributed by atoms with van der Waals surface area (Å²) in [6.45, 7) is 1.54. The molecular formula is C21H22N6O. The van der Waals surface area contributed by atoms with Crippen LogP contribution < -0.4 is 4.90 Å². The number of para-hydroxylation sites is 1. The Bertz CT molecular complexity index is 993. The standard InChI is InChI=1S/C21H22N6O/c22-12-7-15-26(17-8-2-1-3-9-17)20(28)16-25-13-6-10-18(25)21-24-23-19-11-4-5-14-27(19)21/h1-5,8-9,11,14,18H,6-7,10,13,15-16H2/t18-/m1/s1. The third kappa shape index (κ3) is 3.59. The molecule has 0 saturated carbocycles. The fourth-order valence-electron chi connectivity index (χ4n) is 3.82. The highest BCUT2D eigenvalue weighted by Crippen LogP contribution is 2.31. The van der Waals surface area contributed by atoms with Crippen LogP contribution in [0.15, 0.2) is 54.7 Å². The zero-order valence-electron chi connectivity index (χ0n) is 15.6. The van der Waals surface area contributed by atoms with Crippen molar-refractivity contribution in [2.24, 2.45) is 0 Å². The lowest BCUT2D eigenvalue weighted by atomic mass is 10.2. The van der Waals surface area contributed by atoms with Crippen molar-refractivity contribution in [3.63, 3.8) is 0 Å². The first-order chi connectivity index (χ1) is 13.8. The maximum Gasteiger partial charge on any atom is 0.241 e. The van der Waals surface area contributed by atoms with Crippen molar-refractivity contribution in [2.75, 3.05) is 24.5 Å². The molecule has 1 fully saturated rings. The van der Waals surface area contributed by atoms with Gasteiger partial charge in [-0.05, 0) is 43.7 Å². The van der Waals surface area contributed by atoms with E-state index in [0.717, 1.165) is 36.5 Å². The summed E-state index contributed by atoms with van der Waals surface area (Å²) >= 11 is 0. The fourth-order valence-corrected chi connectivity index (χ4v) is 3.82. The molecule has 1 aliphatic heterocycles. The molecule has 0 radical (unpaired) electrons. The molecule has 2 aromatic heterocycles. The van der Waals surface area contributed by atoms with Crippen molar-refractivity contribution in [2.45, 2.75) is 25.3 Å². The third-order valence-electron chi connectivity index (χ3n) is 5.16. The number of nitrogens with zero attached hydrogens (tertiary/aromatic N) is 6. The Balaban J connectivity index is 1.54. The number of fused-ring (bicyclic) bond motifs is 1. The van der Waals surface area contributed by atoms with Gasteiger partial charge in [-0.25, -0.2) is 0 Å². The van der Waals surface area contributed by atoms with Gasteiger partial charge in [0.1, 0.15) is 0 Å². The van der Waals surface area contributed by atoms with Crippen LogP contribution in [-0.2, 0) is 4.79 Å². The third-order valence-corrected chi connectivity index (χ3v) is 5.16. The number of anilines is 1. The molecule has 1 aliphatic rings. The lowest BCUT2D eigenvalue weighted by Crippen LogP contribution is -2.41. The summed E-state index contributed by atoms with van der Waals surface area (Å²) in [5, 5.41) is 17.6. The van der Waals surface area contributed by atoms with Gasteiger partial charge in [0.2, 0.25) is 5.91 Å². The second kappa shape index (κ2) is 8.19. The molecule has 4 rings (SSSR count). The van der Waals surface area contributed by atoms with E-state index < -0.39 is 0 Å². The highest BCUT2D eigenvalue weighted by atomic mass is 16.2. The van der Waals surface area contributed by atoms with Gasteiger partial charge < -0.3 is 4.90 Å². The zero-order valence-corrected chi connectivity index (χ0v) is 15.6. The minimum absolute atomic E-state index is 0.00201. The molecule has 0 N–H and O–H groups in total. The summed E-state index contributed by atoms with van der Waals surface area (Å²) in [5.41, 5.74) is 1.64. The summed E-state index contributed by atoms with van der Waals surface area (Å²) in [4.78, 5) is 17.0. The molecule has 7 heteroatoms. The van der Waals surface area contributed by atoms with E-state index in [1.165, 1.54) is 0 Å². The SMILES string of the molecule is N#CCCN(C(=O)CN1CCC[C@@H]1c1nnc2ccccn12)c1ccccc1. The van der Waals surface area contributed by atoms with Gasteiger partial charge in [0.15, 0.2) is 11.5 Å². The number of hydrogen-bond donors (Lipinski definition) is 0. The molecule has 1 aromatic carbocycles. The number of aromatic nitrogens is 3. The monoisotopic (exact) mass is 374 g/mol. The van der Waals surface area contributed by atoms with Crippen LogP contribution >= 0.6 is 0 Å². The average Bonchev–Trinajstić information content (AvgIpc) is 3.35. The molecule has 3 heterocycles. The molecule has 7 nitrogen and oxygen atoms in total. The summed E-state index contributed by atoms with van der Waals surface area (Å²) in [5.74, 6) is 0.881. The van der Waals surface area contributed by atoms with E-state index in [0.29, 0.717) is 19.5 Å². The van der Waals surface area contributed by atoms with Gasteiger partial charge in [0.05, 0.1) is 25.1 Å². The largest absolute Gasteiger partial charge is 0.310 e. The van der Waals surface area contributed by atoms with Gasteiger partial charge in [-0.2, -0.15) is 5.26 Å². The first kappa shape index (κ1) is 18.1. The van der Waals surface area contributed by atoms with E-state index in [2.05, 4.69) is 21.2 Å². The first-order valence-electron chi connectivity index (χ1n) is 9.54. The van der Waals surface area contributed by atoms with Gasteiger partial charge in [0, 0.05) is 18.4 Å². The van der Waals surface area contributed by atoms with E-state index in [1.54, 1.807) is 4.90 Å². The zero-order chi connectivity index (χ0) is 19.3. The van der Waals surface area contributed by atoms with E-state index >= 15 is 0 Å². The number of rotatable bonds is 6. The Morgan fingerprint density at radius 3 is 2.82 bits per heavy atom. The van der Waals surface area contributed by atoms with Crippen LogP contribution in [0, 0.1) is 11.3 Å². The van der Waals surface area contributed by atoms with Crippen LogP contribution in [0.25, 0.3) is 5.65 Å². The molecule has 1 atom stereocenters. The smallest absolute Gasteiger partial charge is 0.241 e. The lowest BCUT2D eigenvalue weighted by molar-refractivity contribution is -0.120. The highest BCUT2D eigenvalue weighted by Gasteiger charge is 2.32. The molecular weight excluding hydrogens is 352 g/mol. The summed E-state index contributed by atoms with van der Waals surface area (Å²) < 4.78 is 2.00. The number of amides is 1. The molecule has 28 heavy (non-hydrogen) atoms. The Hall–Kier alpha value is -3.24. The van der Waals surface area contributed by atoms with Crippen LogP contribution in [0.1, 0.15) is 31.1 Å². The van der Waals surface area contributed by atoms with E-state index in [1.807, 2.05) is 59.1 Å². The number of carbonyl (C=O) groups excluding carboxylic acids is 1. The molecule has 0 bridgehead atoms. The number of carbonyl (C=O) groups is 1. The predicted octanol–water partition coefficient (Wildman–Crippen LogP) is 2.81. The molecule has 0 unspecified atom stereocenters. The van der Waals surface area contributed by atoms with Crippen LogP contribution in [0.4, 0.5) is 5.69 Å². The van der Waals surface area contributed by atoms with Crippen molar-refractivity contribution in [1.82, 2.24) is 19.5 Å². The van der Waals surface area contributed by atoms with Gasteiger partial charge in [-0.3, -0.25) is 14.1 Å². The minimum Gasteiger partial charge on any atom is -0.310 e. The first-order valence-corrected chi connectivity index (χ1v) is 9.54. The Morgan fingerprint density at radius 1 is 1.18 bits per heavy atom. The van der Waals surface area contributed by atoms with Crippen molar-refractivity contribution in [3.8, 4) is 6.07 Å². The van der Waals surface area contributed by atoms with Gasteiger partial charge in [-0.15, -0.1) is 10.2 Å². The number of nitriles is 1. The van der Waals surface area contributed by atoms with Gasteiger partial charge in [-0.1, -0.05) is 24.3 Å². The summed E-state index contributed by atoms with van der Waals surface area (Å²) in [6.07, 6.45) is 4.24. The van der Waals surface area contributed by atoms with Crippen LogP contribution in [0.3, 0.4) is 0 Å². The van der Waals surface area contributed by atoms with E-state index in [-0.39, 0.29) is 11.9 Å². The van der Waals surface area contributed by atoms with Crippen LogP contribution in [-0.4, -0.2) is 45.0 Å². The lowest BCUT2D eigenvalue weighted by Gasteiger charge is -2.27. The predicted molar refractivity (Wildman–Crippen MR) is 106 cm³/mol. The number of hydrogen-bond acceptors (Lipinski definition) is 5. The average molecular weight is 374 g/mol. The minimum atomic E-state index is 0.00201. The molecule has 3 aromatic rings. The Kier molecular flexibility index (Phi) is 5.31. The Labute approximate surface area is 163 Å². The number of benzene rings is 1. The molecule has 1 amide bonds. The van der Waals surface area contributed by atoms with Crippen molar-refractivity contribution in [1.29, 1.82) is 5.26 Å². The van der Waals surface area contributed by atoms with Gasteiger partial charge in [0.25, 0.3) is 0 Å². The van der Waals surface area contributed by atoms with E-state index in [4.69, 9.17) is 5.26 Å².